The van der Waals surface area contributed by atoms with Crippen LogP contribution < -0.4 is 4.90 Å². The number of amides is 1. The molecule has 0 N–H and O–H groups in total. The lowest BCUT2D eigenvalue weighted by Crippen LogP contribution is -2.42. The van der Waals surface area contributed by atoms with Crippen LogP contribution in [0.5, 0.6) is 0 Å². The van der Waals surface area contributed by atoms with Gasteiger partial charge in [-0.1, -0.05) is 67.1 Å². The molecule has 3 aromatic rings. The van der Waals surface area contributed by atoms with E-state index in [9.17, 15) is 4.79 Å². The number of fused-ring (bicyclic) bond motifs is 1. The molecule has 0 aliphatic carbocycles. The number of hydrogen-bond acceptors (Lipinski definition) is 3. The van der Waals surface area contributed by atoms with Crippen molar-refractivity contribution in [2.45, 2.75) is 45.2 Å². The van der Waals surface area contributed by atoms with Gasteiger partial charge in [-0.25, -0.2) is 4.68 Å². The number of rotatable bonds is 4. The Morgan fingerprint density at radius 1 is 1.04 bits per heavy atom. The maximum atomic E-state index is 13.0. The van der Waals surface area contributed by atoms with Gasteiger partial charge in [0.1, 0.15) is 6.33 Å². The second-order valence-electron chi connectivity index (χ2n) is 7.11. The highest BCUT2D eigenvalue weighted by Gasteiger charge is 2.38. The number of carbonyl (C=O) groups excluding carboxylic acids is 1. The Bertz CT molecular complexity index is 917. The lowest BCUT2D eigenvalue weighted by Gasteiger charge is -2.39. The molecule has 1 amide bonds. The van der Waals surface area contributed by atoms with Gasteiger partial charge in [-0.05, 0) is 30.9 Å². The van der Waals surface area contributed by atoms with Gasteiger partial charge in [-0.15, -0.1) is 0 Å². The molecule has 2 aromatic carbocycles. The van der Waals surface area contributed by atoms with Gasteiger partial charge >= 0.3 is 0 Å². The first kappa shape index (κ1) is 17.5. The molecule has 138 valence electrons. The molecular formula is C22H24N4O. The number of benzene rings is 2. The Hall–Kier alpha value is -2.95. The molecule has 0 saturated heterocycles. The molecule has 1 aromatic heterocycles. The van der Waals surface area contributed by atoms with E-state index in [4.69, 9.17) is 0 Å². The molecule has 27 heavy (non-hydrogen) atoms. The van der Waals surface area contributed by atoms with Crippen molar-refractivity contribution in [3.63, 3.8) is 0 Å². The van der Waals surface area contributed by atoms with E-state index in [2.05, 4.69) is 53.4 Å². The fraction of sp³-hybridized carbons (Fsp3) is 0.318. The topological polar surface area (TPSA) is 51.0 Å². The summed E-state index contributed by atoms with van der Waals surface area (Å²) in [5.74, 6) is 0.738. The first-order valence-electron chi connectivity index (χ1n) is 9.52. The molecule has 0 spiro atoms. The van der Waals surface area contributed by atoms with E-state index in [-0.39, 0.29) is 18.0 Å². The van der Waals surface area contributed by atoms with Crippen LogP contribution in [0.2, 0.25) is 0 Å². The second-order valence-corrected chi connectivity index (χ2v) is 7.11. The maximum absolute atomic E-state index is 13.0. The lowest BCUT2D eigenvalue weighted by molar-refractivity contribution is -0.119. The lowest BCUT2D eigenvalue weighted by atomic mass is 9.91. The summed E-state index contributed by atoms with van der Waals surface area (Å²) < 4.78 is 1.90. The summed E-state index contributed by atoms with van der Waals surface area (Å²) in [5, 5.41) is 4.47. The van der Waals surface area contributed by atoms with Crippen LogP contribution in [0.15, 0.2) is 60.9 Å². The van der Waals surface area contributed by atoms with Gasteiger partial charge in [0.2, 0.25) is 11.9 Å². The minimum Gasteiger partial charge on any atom is -0.274 e. The number of aryl methyl sites for hydroxylation is 1. The molecule has 1 aliphatic heterocycles. The number of hydrogen-bond donors (Lipinski definition) is 0. The van der Waals surface area contributed by atoms with Crippen LogP contribution in [0.1, 0.15) is 55.0 Å². The van der Waals surface area contributed by atoms with Crippen LogP contribution in [0.4, 0.5) is 5.95 Å². The van der Waals surface area contributed by atoms with E-state index in [1.165, 1.54) is 11.1 Å². The highest BCUT2D eigenvalue weighted by atomic mass is 16.2. The summed E-state index contributed by atoms with van der Waals surface area (Å²) in [6.45, 7) is 4.11. The molecule has 0 bridgehead atoms. The van der Waals surface area contributed by atoms with Gasteiger partial charge in [0.25, 0.3) is 0 Å². The zero-order valence-corrected chi connectivity index (χ0v) is 15.7. The second kappa shape index (κ2) is 7.35. The summed E-state index contributed by atoms with van der Waals surface area (Å²) >= 11 is 0. The van der Waals surface area contributed by atoms with Crippen molar-refractivity contribution in [1.29, 1.82) is 0 Å². The Morgan fingerprint density at radius 2 is 1.74 bits per heavy atom. The van der Waals surface area contributed by atoms with Crippen molar-refractivity contribution in [1.82, 2.24) is 14.8 Å². The number of aromatic nitrogens is 3. The summed E-state index contributed by atoms with van der Waals surface area (Å²) in [5.41, 5.74) is 3.55. The van der Waals surface area contributed by atoms with E-state index in [0.717, 1.165) is 18.4 Å². The predicted molar refractivity (Wildman–Crippen MR) is 106 cm³/mol. The van der Waals surface area contributed by atoms with Gasteiger partial charge in [-0.3, -0.25) is 9.69 Å². The highest BCUT2D eigenvalue weighted by Crippen LogP contribution is 2.42. The standard InChI is InChI=1S/C22H24N4O/c1-3-7-21(27)25-19(17-8-5-4-6-9-17)14-20(26-22(25)23-15-24-26)18-12-10-16(2)11-13-18/h4-6,8-13,15,19-20H,3,7,14H2,1-2H3/t19-,20+/m0/s1. The minimum atomic E-state index is -0.0479. The minimum absolute atomic E-state index is 0.0479. The van der Waals surface area contributed by atoms with Crippen molar-refractivity contribution < 1.29 is 4.79 Å². The summed E-state index contributed by atoms with van der Waals surface area (Å²) in [4.78, 5) is 19.3. The monoisotopic (exact) mass is 360 g/mol. The van der Waals surface area contributed by atoms with E-state index in [0.29, 0.717) is 12.4 Å². The molecule has 1 aliphatic rings. The van der Waals surface area contributed by atoms with E-state index < -0.39 is 0 Å². The van der Waals surface area contributed by atoms with Gasteiger partial charge < -0.3 is 0 Å². The average molecular weight is 360 g/mol. The Balaban J connectivity index is 1.82. The fourth-order valence-corrected chi connectivity index (χ4v) is 3.84. The van der Waals surface area contributed by atoms with Crippen LogP contribution in [0, 0.1) is 6.92 Å². The molecule has 2 heterocycles. The quantitative estimate of drug-likeness (QED) is 0.690. The highest BCUT2D eigenvalue weighted by molar-refractivity contribution is 5.92. The fourth-order valence-electron chi connectivity index (χ4n) is 3.84. The molecule has 0 saturated carbocycles. The van der Waals surface area contributed by atoms with Gasteiger partial charge in [0, 0.05) is 6.42 Å². The number of carbonyl (C=O) groups is 1. The number of nitrogens with zero attached hydrogens (tertiary/aromatic N) is 4. The maximum Gasteiger partial charge on any atom is 0.231 e. The van der Waals surface area contributed by atoms with Crippen molar-refractivity contribution in [3.8, 4) is 0 Å². The summed E-state index contributed by atoms with van der Waals surface area (Å²) in [6.07, 6.45) is 3.65. The zero-order valence-electron chi connectivity index (χ0n) is 15.7. The molecule has 5 nitrogen and oxygen atoms in total. The molecular weight excluding hydrogens is 336 g/mol. The van der Waals surface area contributed by atoms with Gasteiger partial charge in [0.05, 0.1) is 12.1 Å². The third kappa shape index (κ3) is 3.25. The third-order valence-corrected chi connectivity index (χ3v) is 5.20. The zero-order chi connectivity index (χ0) is 18.8. The van der Waals surface area contributed by atoms with Crippen LogP contribution in [-0.2, 0) is 4.79 Å². The predicted octanol–water partition coefficient (Wildman–Crippen LogP) is 4.45. The molecule has 5 heteroatoms. The molecule has 2 atom stereocenters. The Morgan fingerprint density at radius 3 is 2.44 bits per heavy atom. The molecule has 0 radical (unpaired) electrons. The Kier molecular flexibility index (Phi) is 4.75. The summed E-state index contributed by atoms with van der Waals surface area (Å²) in [7, 11) is 0. The molecule has 4 rings (SSSR count). The van der Waals surface area contributed by atoms with Crippen molar-refractivity contribution in [2.75, 3.05) is 4.90 Å². The van der Waals surface area contributed by atoms with Crippen LogP contribution in [0.25, 0.3) is 0 Å². The van der Waals surface area contributed by atoms with E-state index >= 15 is 0 Å². The van der Waals surface area contributed by atoms with Crippen molar-refractivity contribution in [3.05, 3.63) is 77.6 Å². The normalized spacial score (nSPS) is 19.0. The van der Waals surface area contributed by atoms with Crippen LogP contribution >= 0.6 is 0 Å². The molecule has 0 unspecified atom stereocenters. The molecule has 0 fully saturated rings. The summed E-state index contributed by atoms with van der Waals surface area (Å²) in [6, 6.07) is 18.8. The smallest absolute Gasteiger partial charge is 0.231 e. The van der Waals surface area contributed by atoms with Gasteiger partial charge in [-0.2, -0.15) is 10.1 Å². The SMILES string of the molecule is CCCC(=O)N1c2ncnn2[C@@H](c2ccc(C)cc2)C[C@H]1c1ccccc1. The van der Waals surface area contributed by atoms with Crippen LogP contribution in [-0.4, -0.2) is 20.7 Å². The third-order valence-electron chi connectivity index (χ3n) is 5.20. The number of anilines is 1. The van der Waals surface area contributed by atoms with Crippen molar-refractivity contribution >= 4 is 11.9 Å². The van der Waals surface area contributed by atoms with E-state index in [1.54, 1.807) is 6.33 Å². The van der Waals surface area contributed by atoms with Crippen molar-refractivity contribution in [2.24, 2.45) is 0 Å². The first-order chi connectivity index (χ1) is 13.2. The average Bonchev–Trinajstić information content (AvgIpc) is 3.18. The Labute approximate surface area is 159 Å². The van der Waals surface area contributed by atoms with E-state index in [1.807, 2.05) is 34.7 Å². The first-order valence-corrected chi connectivity index (χ1v) is 9.52. The van der Waals surface area contributed by atoms with Crippen LogP contribution in [0.3, 0.4) is 0 Å². The van der Waals surface area contributed by atoms with Gasteiger partial charge in [0.15, 0.2) is 0 Å². The largest absolute Gasteiger partial charge is 0.274 e.